The lowest BCUT2D eigenvalue weighted by molar-refractivity contribution is 0.629. The fraction of sp³-hybridized carbons (Fsp3) is 0.174. The van der Waals surface area contributed by atoms with Gasteiger partial charge in [-0.15, -0.1) is 0 Å². The molecular formula is C23H22FN3. The van der Waals surface area contributed by atoms with Gasteiger partial charge in [-0.2, -0.15) is 0 Å². The van der Waals surface area contributed by atoms with Crippen molar-refractivity contribution in [1.29, 1.82) is 0 Å². The van der Waals surface area contributed by atoms with E-state index in [2.05, 4.69) is 48.3 Å². The Morgan fingerprint density at radius 3 is 2.33 bits per heavy atom. The van der Waals surface area contributed by atoms with Crippen molar-refractivity contribution in [3.05, 3.63) is 71.5 Å². The summed E-state index contributed by atoms with van der Waals surface area (Å²) in [4.78, 5) is 6.86. The minimum Gasteiger partial charge on any atom is -0.378 e. The van der Waals surface area contributed by atoms with Crippen molar-refractivity contribution in [2.24, 2.45) is 0 Å². The molecule has 1 N–H and O–H groups in total. The van der Waals surface area contributed by atoms with Gasteiger partial charge >= 0.3 is 0 Å². The standard InChI is InChI=1S/C23H22FN3/c1-14-5-11-19-22(15(14)2)26-21-12-6-16(24)13-20(21)23(19)25-17-7-9-18(10-8-17)27(3)4/h5-13H,1-4H3,(H,25,26). The number of fused-ring (bicyclic) bond motifs is 2. The van der Waals surface area contributed by atoms with Gasteiger partial charge in [0.2, 0.25) is 0 Å². The first-order chi connectivity index (χ1) is 12.9. The smallest absolute Gasteiger partial charge is 0.124 e. The molecule has 1 heterocycles. The Kier molecular flexibility index (Phi) is 4.19. The summed E-state index contributed by atoms with van der Waals surface area (Å²) in [7, 11) is 4.03. The fourth-order valence-electron chi connectivity index (χ4n) is 3.34. The van der Waals surface area contributed by atoms with Gasteiger partial charge in [0, 0.05) is 36.2 Å². The number of hydrogen-bond acceptors (Lipinski definition) is 3. The van der Waals surface area contributed by atoms with Gasteiger partial charge in [0.25, 0.3) is 0 Å². The highest BCUT2D eigenvalue weighted by Gasteiger charge is 2.13. The van der Waals surface area contributed by atoms with Gasteiger partial charge < -0.3 is 10.2 Å². The van der Waals surface area contributed by atoms with Crippen LogP contribution >= 0.6 is 0 Å². The number of halogens is 1. The molecule has 0 amide bonds. The number of nitrogens with one attached hydrogen (secondary N) is 1. The van der Waals surface area contributed by atoms with Crippen LogP contribution in [0, 0.1) is 19.7 Å². The summed E-state index contributed by atoms with van der Waals surface area (Å²) in [6.45, 7) is 4.16. The predicted octanol–water partition coefficient (Wildman–Crippen LogP) is 5.95. The van der Waals surface area contributed by atoms with E-state index < -0.39 is 0 Å². The SMILES string of the molecule is Cc1ccc2c(Nc3ccc(N(C)C)cc3)c3cc(F)ccc3nc2c1C. The van der Waals surface area contributed by atoms with E-state index in [1.54, 1.807) is 12.1 Å². The molecule has 4 rings (SSSR count). The van der Waals surface area contributed by atoms with E-state index in [1.807, 2.05) is 26.2 Å². The van der Waals surface area contributed by atoms with Gasteiger partial charge in [-0.05, 0) is 67.4 Å². The molecule has 0 saturated heterocycles. The van der Waals surface area contributed by atoms with Crippen molar-refractivity contribution in [2.45, 2.75) is 13.8 Å². The second-order valence-electron chi connectivity index (χ2n) is 7.12. The molecule has 0 bridgehead atoms. The maximum absolute atomic E-state index is 14.0. The summed E-state index contributed by atoms with van der Waals surface area (Å²) in [5, 5.41) is 5.28. The van der Waals surface area contributed by atoms with Crippen LogP contribution in [0.4, 0.5) is 21.5 Å². The lowest BCUT2D eigenvalue weighted by Crippen LogP contribution is -2.08. The average molecular weight is 359 g/mol. The van der Waals surface area contributed by atoms with Gasteiger partial charge in [-0.3, -0.25) is 0 Å². The topological polar surface area (TPSA) is 28.2 Å². The minimum atomic E-state index is -0.265. The Labute approximate surface area is 158 Å². The molecule has 3 nitrogen and oxygen atoms in total. The van der Waals surface area contributed by atoms with Gasteiger partial charge in [0.1, 0.15) is 5.82 Å². The average Bonchev–Trinajstić information content (AvgIpc) is 2.65. The van der Waals surface area contributed by atoms with E-state index in [0.29, 0.717) is 0 Å². The molecule has 1 aromatic heterocycles. The third-order valence-electron chi connectivity index (χ3n) is 5.08. The molecule has 3 aromatic carbocycles. The van der Waals surface area contributed by atoms with Crippen molar-refractivity contribution in [3.8, 4) is 0 Å². The van der Waals surface area contributed by atoms with Gasteiger partial charge in [0.05, 0.1) is 16.7 Å². The van der Waals surface area contributed by atoms with Crippen molar-refractivity contribution in [2.75, 3.05) is 24.3 Å². The summed E-state index contributed by atoms with van der Waals surface area (Å²) < 4.78 is 14.0. The number of benzene rings is 3. The van der Waals surface area contributed by atoms with Crippen LogP contribution < -0.4 is 10.2 Å². The lowest BCUT2D eigenvalue weighted by atomic mass is 10.0. The van der Waals surface area contributed by atoms with Crippen LogP contribution in [0.2, 0.25) is 0 Å². The van der Waals surface area contributed by atoms with Crippen molar-refractivity contribution >= 4 is 38.9 Å². The number of anilines is 3. The Morgan fingerprint density at radius 2 is 1.63 bits per heavy atom. The molecule has 0 spiro atoms. The Hall–Kier alpha value is -3.14. The minimum absolute atomic E-state index is 0.265. The number of nitrogens with zero attached hydrogens (tertiary/aromatic N) is 2. The molecule has 0 fully saturated rings. The molecule has 136 valence electrons. The lowest BCUT2D eigenvalue weighted by Gasteiger charge is -2.17. The van der Waals surface area contributed by atoms with E-state index in [4.69, 9.17) is 4.98 Å². The summed E-state index contributed by atoms with van der Waals surface area (Å²) in [5.41, 5.74) is 7.03. The second kappa shape index (κ2) is 6.54. The molecular weight excluding hydrogens is 337 g/mol. The molecule has 0 aliphatic carbocycles. The Balaban J connectivity index is 1.95. The van der Waals surface area contributed by atoms with E-state index in [1.165, 1.54) is 11.6 Å². The molecule has 0 atom stereocenters. The van der Waals surface area contributed by atoms with Crippen LogP contribution in [0.5, 0.6) is 0 Å². The Bertz CT molecular complexity index is 1150. The Morgan fingerprint density at radius 1 is 0.889 bits per heavy atom. The highest BCUT2D eigenvalue weighted by Crippen LogP contribution is 2.35. The highest BCUT2D eigenvalue weighted by atomic mass is 19.1. The van der Waals surface area contributed by atoms with Crippen molar-refractivity contribution < 1.29 is 4.39 Å². The van der Waals surface area contributed by atoms with Crippen molar-refractivity contribution in [1.82, 2.24) is 4.98 Å². The zero-order valence-electron chi connectivity index (χ0n) is 16.0. The molecule has 0 saturated carbocycles. The molecule has 0 aliphatic heterocycles. The molecule has 0 aliphatic rings. The fourth-order valence-corrected chi connectivity index (χ4v) is 3.34. The third kappa shape index (κ3) is 3.08. The number of pyridine rings is 1. The first-order valence-electron chi connectivity index (χ1n) is 8.97. The van der Waals surface area contributed by atoms with Gasteiger partial charge in [-0.25, -0.2) is 9.37 Å². The van der Waals surface area contributed by atoms with Gasteiger partial charge in [-0.1, -0.05) is 12.1 Å². The summed E-state index contributed by atoms with van der Waals surface area (Å²) >= 11 is 0. The van der Waals surface area contributed by atoms with Crippen LogP contribution in [0.15, 0.2) is 54.6 Å². The van der Waals surface area contributed by atoms with Crippen LogP contribution in [0.3, 0.4) is 0 Å². The summed E-state index contributed by atoms with van der Waals surface area (Å²) in [5.74, 6) is -0.265. The number of rotatable bonds is 3. The first kappa shape index (κ1) is 17.3. The molecule has 0 radical (unpaired) electrons. The van der Waals surface area contributed by atoms with E-state index in [-0.39, 0.29) is 5.82 Å². The van der Waals surface area contributed by atoms with Crippen LogP contribution in [0.25, 0.3) is 21.8 Å². The van der Waals surface area contributed by atoms with E-state index in [0.717, 1.165) is 44.4 Å². The monoisotopic (exact) mass is 359 g/mol. The van der Waals surface area contributed by atoms with Crippen LogP contribution in [-0.4, -0.2) is 19.1 Å². The zero-order chi connectivity index (χ0) is 19.1. The summed E-state index contributed by atoms with van der Waals surface area (Å²) in [6, 6.07) is 17.1. The van der Waals surface area contributed by atoms with Crippen LogP contribution in [-0.2, 0) is 0 Å². The highest BCUT2D eigenvalue weighted by molar-refractivity contribution is 6.09. The molecule has 4 heteroatoms. The largest absolute Gasteiger partial charge is 0.378 e. The molecule has 27 heavy (non-hydrogen) atoms. The third-order valence-corrected chi connectivity index (χ3v) is 5.08. The molecule has 4 aromatic rings. The van der Waals surface area contributed by atoms with E-state index >= 15 is 0 Å². The number of aryl methyl sites for hydroxylation is 2. The zero-order valence-corrected chi connectivity index (χ0v) is 16.0. The van der Waals surface area contributed by atoms with Crippen molar-refractivity contribution in [3.63, 3.8) is 0 Å². The normalized spacial score (nSPS) is 11.1. The first-order valence-corrected chi connectivity index (χ1v) is 8.97. The van der Waals surface area contributed by atoms with Crippen LogP contribution in [0.1, 0.15) is 11.1 Å². The van der Waals surface area contributed by atoms with Gasteiger partial charge in [0.15, 0.2) is 0 Å². The van der Waals surface area contributed by atoms with E-state index in [9.17, 15) is 4.39 Å². The maximum Gasteiger partial charge on any atom is 0.124 e. The number of aromatic nitrogens is 1. The number of hydrogen-bond donors (Lipinski definition) is 1. The predicted molar refractivity (Wildman–Crippen MR) is 113 cm³/mol. The second-order valence-corrected chi connectivity index (χ2v) is 7.12. The molecule has 0 unspecified atom stereocenters. The maximum atomic E-state index is 14.0. The summed E-state index contributed by atoms with van der Waals surface area (Å²) in [6.07, 6.45) is 0. The quantitative estimate of drug-likeness (QED) is 0.458.